The van der Waals surface area contributed by atoms with Gasteiger partial charge in [-0.3, -0.25) is 0 Å². The van der Waals surface area contributed by atoms with Gasteiger partial charge in [0.1, 0.15) is 11.8 Å². The lowest BCUT2D eigenvalue weighted by atomic mass is 10.2. The van der Waals surface area contributed by atoms with Crippen molar-refractivity contribution in [3.8, 4) is 11.5 Å². The Balaban J connectivity index is 2.32. The van der Waals surface area contributed by atoms with Crippen molar-refractivity contribution < 1.29 is 4.42 Å². The Kier molecular flexibility index (Phi) is 2.12. The van der Waals surface area contributed by atoms with Crippen LogP contribution in [0.25, 0.3) is 17.0 Å². The predicted octanol–water partition coefficient (Wildman–Crippen LogP) is 2.05. The number of aryl methyl sites for hydroxylation is 2. The quantitative estimate of drug-likeness (QED) is 0.660. The van der Waals surface area contributed by atoms with Crippen LogP contribution in [-0.2, 0) is 0 Å². The molecule has 0 saturated heterocycles. The number of hydrogen-bond acceptors (Lipinski definition) is 5. The third-order valence-electron chi connectivity index (χ3n) is 2.54. The van der Waals surface area contributed by atoms with Crippen molar-refractivity contribution in [3.05, 3.63) is 29.1 Å². The van der Waals surface area contributed by atoms with E-state index >= 15 is 0 Å². The molecule has 0 saturated carbocycles. The molecule has 0 amide bonds. The monoisotopic (exact) mass is 249 g/mol. The zero-order valence-corrected chi connectivity index (χ0v) is 9.93. The Labute approximate surface area is 101 Å². The first-order valence-corrected chi connectivity index (χ1v) is 5.33. The molecule has 3 aromatic heterocycles. The number of hydrogen-bond donors (Lipinski definition) is 0. The number of aromatic nitrogens is 5. The van der Waals surface area contributed by atoms with Crippen LogP contribution in [0.5, 0.6) is 0 Å². The molecular formula is C10H8ClN5O. The normalized spacial score (nSPS) is 11.2. The first kappa shape index (κ1) is 10.2. The van der Waals surface area contributed by atoms with Gasteiger partial charge in [0.2, 0.25) is 11.8 Å². The zero-order valence-electron chi connectivity index (χ0n) is 9.18. The summed E-state index contributed by atoms with van der Waals surface area (Å²) >= 11 is 6.03. The lowest BCUT2D eigenvalue weighted by Crippen LogP contribution is -1.91. The van der Waals surface area contributed by atoms with Gasteiger partial charge in [0.15, 0.2) is 5.15 Å². The van der Waals surface area contributed by atoms with Crippen LogP contribution in [0.4, 0.5) is 0 Å². The summed E-state index contributed by atoms with van der Waals surface area (Å²) in [7, 11) is 0. The maximum atomic E-state index is 6.03. The molecule has 3 heterocycles. The highest BCUT2D eigenvalue weighted by molar-refractivity contribution is 6.32. The Bertz CT molecular complexity index is 702. The Morgan fingerprint density at radius 1 is 1.29 bits per heavy atom. The molecule has 0 unspecified atom stereocenters. The number of rotatable bonds is 1. The number of halogens is 1. The second-order valence-corrected chi connectivity index (χ2v) is 4.00. The minimum absolute atomic E-state index is 0.403. The molecule has 0 aliphatic heterocycles. The van der Waals surface area contributed by atoms with Gasteiger partial charge >= 0.3 is 0 Å². The maximum Gasteiger partial charge on any atom is 0.249 e. The van der Waals surface area contributed by atoms with Crippen LogP contribution in [0.15, 0.2) is 16.9 Å². The van der Waals surface area contributed by atoms with E-state index in [4.69, 9.17) is 16.0 Å². The highest BCUT2D eigenvalue weighted by Gasteiger charge is 2.16. The van der Waals surface area contributed by atoms with E-state index in [1.165, 1.54) is 6.33 Å². The predicted molar refractivity (Wildman–Crippen MR) is 60.8 cm³/mol. The van der Waals surface area contributed by atoms with E-state index in [0.29, 0.717) is 16.9 Å². The van der Waals surface area contributed by atoms with Crippen molar-refractivity contribution in [2.45, 2.75) is 13.8 Å². The Morgan fingerprint density at radius 2 is 2.12 bits per heavy atom. The molecule has 0 spiro atoms. The zero-order chi connectivity index (χ0) is 12.0. The van der Waals surface area contributed by atoms with Crippen LogP contribution in [0.3, 0.4) is 0 Å². The topological polar surface area (TPSA) is 69.1 Å². The van der Waals surface area contributed by atoms with E-state index < -0.39 is 0 Å². The largest absolute Gasteiger partial charge is 0.421 e. The summed E-state index contributed by atoms with van der Waals surface area (Å²) in [6, 6.07) is 0. The summed E-state index contributed by atoms with van der Waals surface area (Å²) in [5, 5.41) is 12.3. The SMILES string of the molecule is Cc1nnc(-c2cn3ncnc(Cl)c3c2C)o1. The van der Waals surface area contributed by atoms with E-state index in [9.17, 15) is 0 Å². The van der Waals surface area contributed by atoms with Crippen LogP contribution >= 0.6 is 11.6 Å². The standard InChI is InChI=1S/C10H8ClN5O/c1-5-7(10-15-14-6(2)17-10)3-16-8(5)9(11)12-4-13-16/h3-4H,1-2H3. The lowest BCUT2D eigenvalue weighted by Gasteiger charge is -1.95. The van der Waals surface area contributed by atoms with Gasteiger partial charge < -0.3 is 4.42 Å². The van der Waals surface area contributed by atoms with Crippen LogP contribution in [0, 0.1) is 13.8 Å². The fourth-order valence-electron chi connectivity index (χ4n) is 1.74. The molecule has 3 rings (SSSR count). The summed E-state index contributed by atoms with van der Waals surface area (Å²) in [4.78, 5) is 3.95. The maximum absolute atomic E-state index is 6.03. The third kappa shape index (κ3) is 1.49. The van der Waals surface area contributed by atoms with Gasteiger partial charge in [-0.15, -0.1) is 10.2 Å². The smallest absolute Gasteiger partial charge is 0.249 e. The van der Waals surface area contributed by atoms with Crippen molar-refractivity contribution in [3.63, 3.8) is 0 Å². The van der Waals surface area contributed by atoms with Crippen molar-refractivity contribution in [1.29, 1.82) is 0 Å². The molecule has 6 nitrogen and oxygen atoms in total. The average molecular weight is 250 g/mol. The first-order chi connectivity index (χ1) is 8.16. The number of nitrogens with zero attached hydrogens (tertiary/aromatic N) is 5. The third-order valence-corrected chi connectivity index (χ3v) is 2.82. The van der Waals surface area contributed by atoms with Gasteiger partial charge in [-0.1, -0.05) is 11.6 Å². The second-order valence-electron chi connectivity index (χ2n) is 3.64. The molecular weight excluding hydrogens is 242 g/mol. The van der Waals surface area contributed by atoms with E-state index in [-0.39, 0.29) is 0 Å². The van der Waals surface area contributed by atoms with Crippen LogP contribution in [0.1, 0.15) is 11.5 Å². The molecule has 17 heavy (non-hydrogen) atoms. The van der Waals surface area contributed by atoms with Crippen LogP contribution in [-0.4, -0.2) is 24.8 Å². The van der Waals surface area contributed by atoms with Gasteiger partial charge in [0.05, 0.1) is 5.56 Å². The summed E-state index contributed by atoms with van der Waals surface area (Å²) in [6.45, 7) is 3.66. The first-order valence-electron chi connectivity index (χ1n) is 4.95. The van der Waals surface area contributed by atoms with Crippen molar-refractivity contribution in [1.82, 2.24) is 24.8 Å². The molecule has 86 valence electrons. The molecule has 0 bridgehead atoms. The summed E-state index contributed by atoms with van der Waals surface area (Å²) in [5.74, 6) is 0.980. The fourth-order valence-corrected chi connectivity index (χ4v) is 2.01. The average Bonchev–Trinajstić information content (AvgIpc) is 2.84. The van der Waals surface area contributed by atoms with E-state index in [1.807, 2.05) is 6.92 Å². The highest BCUT2D eigenvalue weighted by atomic mass is 35.5. The van der Waals surface area contributed by atoms with Gasteiger partial charge in [-0.2, -0.15) is 5.10 Å². The highest BCUT2D eigenvalue weighted by Crippen LogP contribution is 2.29. The molecule has 0 aliphatic rings. The molecule has 0 atom stereocenters. The summed E-state index contributed by atoms with van der Waals surface area (Å²) < 4.78 is 7.05. The van der Waals surface area contributed by atoms with Gasteiger partial charge in [-0.05, 0) is 12.5 Å². The number of fused-ring (bicyclic) bond motifs is 1. The molecule has 0 N–H and O–H groups in total. The van der Waals surface area contributed by atoms with E-state index in [0.717, 1.165) is 16.6 Å². The lowest BCUT2D eigenvalue weighted by molar-refractivity contribution is 0.532. The van der Waals surface area contributed by atoms with Crippen LogP contribution < -0.4 is 0 Å². The minimum atomic E-state index is 0.403. The van der Waals surface area contributed by atoms with Crippen molar-refractivity contribution in [2.75, 3.05) is 0 Å². The minimum Gasteiger partial charge on any atom is -0.421 e. The summed E-state index contributed by atoms with van der Waals surface area (Å²) in [5.41, 5.74) is 2.48. The molecule has 0 aromatic carbocycles. The van der Waals surface area contributed by atoms with E-state index in [2.05, 4.69) is 20.3 Å². The molecule has 0 aliphatic carbocycles. The van der Waals surface area contributed by atoms with Crippen molar-refractivity contribution in [2.24, 2.45) is 0 Å². The Hall–Kier alpha value is -1.95. The van der Waals surface area contributed by atoms with E-state index in [1.54, 1.807) is 17.6 Å². The second kappa shape index (κ2) is 3.53. The van der Waals surface area contributed by atoms with Gasteiger partial charge in [0.25, 0.3) is 0 Å². The Morgan fingerprint density at radius 3 is 2.76 bits per heavy atom. The molecule has 0 radical (unpaired) electrons. The molecule has 7 heteroatoms. The fraction of sp³-hybridized carbons (Fsp3) is 0.200. The van der Waals surface area contributed by atoms with Gasteiger partial charge in [-0.25, -0.2) is 9.50 Å². The van der Waals surface area contributed by atoms with Gasteiger partial charge in [0, 0.05) is 13.1 Å². The summed E-state index contributed by atoms with van der Waals surface area (Å²) in [6.07, 6.45) is 3.20. The van der Waals surface area contributed by atoms with Crippen molar-refractivity contribution >= 4 is 17.1 Å². The molecule has 3 aromatic rings. The van der Waals surface area contributed by atoms with Crippen LogP contribution in [0.2, 0.25) is 5.15 Å². The molecule has 0 fully saturated rings.